The van der Waals surface area contributed by atoms with E-state index < -0.39 is 18.1 Å². The lowest BCUT2D eigenvalue weighted by atomic mass is 9.91. The highest BCUT2D eigenvalue weighted by Gasteiger charge is 2.28. The number of carboxylic acids is 1. The fourth-order valence-electron chi connectivity index (χ4n) is 2.42. The predicted molar refractivity (Wildman–Crippen MR) is 92.3 cm³/mol. The molecule has 0 fully saturated rings. The van der Waals surface area contributed by atoms with Crippen LogP contribution in [0.5, 0.6) is 5.75 Å². The Kier molecular flexibility index (Phi) is 6.84. The molecule has 1 amide bonds. The van der Waals surface area contributed by atoms with Gasteiger partial charge in [-0.05, 0) is 18.1 Å². The van der Waals surface area contributed by atoms with Gasteiger partial charge in [0, 0.05) is 18.2 Å². The number of halogens is 1. The molecule has 0 aliphatic carbocycles. The van der Waals surface area contributed by atoms with Crippen molar-refractivity contribution in [3.63, 3.8) is 0 Å². The van der Waals surface area contributed by atoms with E-state index in [-0.39, 0.29) is 30.7 Å². The van der Waals surface area contributed by atoms with Gasteiger partial charge in [0.25, 0.3) is 0 Å². The SMILES string of the molecule is CCC(N=C(N)N)Oc1ccc2c(c1)NC(=O)C(CC(=O)O)C2.Cl. The van der Waals surface area contributed by atoms with Gasteiger partial charge in [-0.25, -0.2) is 4.99 Å². The zero-order valence-electron chi connectivity index (χ0n) is 13.2. The molecule has 0 spiro atoms. The average Bonchev–Trinajstić information content (AvgIpc) is 2.46. The van der Waals surface area contributed by atoms with Crippen molar-refractivity contribution in [3.8, 4) is 5.75 Å². The van der Waals surface area contributed by atoms with Crippen molar-refractivity contribution in [1.82, 2.24) is 0 Å². The molecule has 8 nitrogen and oxygen atoms in total. The fraction of sp³-hybridized carbons (Fsp3) is 0.400. The Balaban J connectivity index is 0.00000288. The van der Waals surface area contributed by atoms with E-state index in [4.69, 9.17) is 21.3 Å². The van der Waals surface area contributed by atoms with Crippen LogP contribution < -0.4 is 21.5 Å². The van der Waals surface area contributed by atoms with Gasteiger partial charge < -0.3 is 26.6 Å². The van der Waals surface area contributed by atoms with Crippen molar-refractivity contribution >= 4 is 35.9 Å². The number of nitrogens with two attached hydrogens (primary N) is 2. The van der Waals surface area contributed by atoms with E-state index in [1.807, 2.05) is 6.92 Å². The van der Waals surface area contributed by atoms with Crippen molar-refractivity contribution in [2.75, 3.05) is 5.32 Å². The lowest BCUT2D eigenvalue weighted by molar-refractivity contribution is -0.140. The number of guanidine groups is 1. The highest BCUT2D eigenvalue weighted by atomic mass is 35.5. The summed E-state index contributed by atoms with van der Waals surface area (Å²) in [5.41, 5.74) is 12.2. The lowest BCUT2D eigenvalue weighted by Gasteiger charge is -2.24. The Morgan fingerprint density at radius 3 is 2.79 bits per heavy atom. The number of amides is 1. The summed E-state index contributed by atoms with van der Waals surface area (Å²) in [5, 5.41) is 11.6. The Hall–Kier alpha value is -2.48. The molecule has 132 valence electrons. The second-order valence-electron chi connectivity index (χ2n) is 5.34. The van der Waals surface area contributed by atoms with Gasteiger partial charge in [0.15, 0.2) is 12.2 Å². The maximum atomic E-state index is 12.0. The minimum Gasteiger partial charge on any atom is -0.481 e. The summed E-state index contributed by atoms with van der Waals surface area (Å²) in [5.74, 6) is -1.38. The number of hydrogen-bond acceptors (Lipinski definition) is 4. The first-order valence-electron chi connectivity index (χ1n) is 7.30. The minimum absolute atomic E-state index is 0. The Morgan fingerprint density at radius 2 is 2.21 bits per heavy atom. The minimum atomic E-state index is -0.989. The quantitative estimate of drug-likeness (QED) is 0.444. The van der Waals surface area contributed by atoms with Crippen molar-refractivity contribution < 1.29 is 19.4 Å². The third-order valence-corrected chi connectivity index (χ3v) is 3.51. The number of nitrogens with one attached hydrogen (secondary N) is 1. The van der Waals surface area contributed by atoms with Crippen LogP contribution in [0.2, 0.25) is 0 Å². The lowest BCUT2D eigenvalue weighted by Crippen LogP contribution is -2.31. The van der Waals surface area contributed by atoms with Gasteiger partial charge in [0.2, 0.25) is 5.91 Å². The molecule has 0 saturated carbocycles. The van der Waals surface area contributed by atoms with Crippen LogP contribution in [0, 0.1) is 5.92 Å². The molecule has 0 aromatic heterocycles. The number of aliphatic carboxylic acids is 1. The van der Waals surface area contributed by atoms with Crippen LogP contribution in [-0.4, -0.2) is 29.2 Å². The predicted octanol–water partition coefficient (Wildman–Crippen LogP) is 1.08. The maximum absolute atomic E-state index is 12.0. The second-order valence-corrected chi connectivity index (χ2v) is 5.34. The van der Waals surface area contributed by atoms with Gasteiger partial charge in [-0.2, -0.15) is 0 Å². The van der Waals surface area contributed by atoms with Gasteiger partial charge in [0.1, 0.15) is 5.75 Å². The van der Waals surface area contributed by atoms with Crippen LogP contribution in [0.4, 0.5) is 5.69 Å². The number of aliphatic imine (C=N–C) groups is 1. The van der Waals surface area contributed by atoms with Gasteiger partial charge in [-0.15, -0.1) is 12.4 Å². The van der Waals surface area contributed by atoms with Crippen molar-refractivity contribution in [3.05, 3.63) is 23.8 Å². The van der Waals surface area contributed by atoms with Gasteiger partial charge >= 0.3 is 5.97 Å². The Morgan fingerprint density at radius 1 is 1.50 bits per heavy atom. The summed E-state index contributed by atoms with van der Waals surface area (Å²) in [6.07, 6.45) is 0.282. The maximum Gasteiger partial charge on any atom is 0.304 e. The van der Waals surface area contributed by atoms with Gasteiger partial charge in [0.05, 0.1) is 12.3 Å². The van der Waals surface area contributed by atoms with Crippen LogP contribution in [0.3, 0.4) is 0 Å². The number of anilines is 1. The molecular formula is C15H21ClN4O4. The zero-order valence-corrected chi connectivity index (χ0v) is 14.0. The molecule has 2 unspecified atom stereocenters. The molecule has 0 radical (unpaired) electrons. The number of ether oxygens (including phenoxy) is 1. The number of rotatable bonds is 6. The van der Waals surface area contributed by atoms with Crippen LogP contribution >= 0.6 is 12.4 Å². The molecule has 1 aromatic carbocycles. The summed E-state index contributed by atoms with van der Waals surface area (Å²) < 4.78 is 5.67. The van der Waals surface area contributed by atoms with E-state index in [1.165, 1.54) is 0 Å². The molecule has 9 heteroatoms. The largest absolute Gasteiger partial charge is 0.481 e. The smallest absolute Gasteiger partial charge is 0.304 e. The first-order chi connectivity index (χ1) is 10.9. The van der Waals surface area contributed by atoms with Crippen LogP contribution in [-0.2, 0) is 16.0 Å². The molecule has 6 N–H and O–H groups in total. The molecule has 1 heterocycles. The standard InChI is InChI=1S/C15H20N4O4.ClH/c1-2-12(19-15(16)17)23-10-4-3-8-5-9(6-13(20)21)14(22)18-11(8)7-10;/h3-4,7,9,12H,2,5-6H2,1H3,(H,18,22)(H,20,21)(H4,16,17,19);1H. The highest BCUT2D eigenvalue weighted by Crippen LogP contribution is 2.31. The number of nitrogens with zero attached hydrogens (tertiary/aromatic N) is 1. The monoisotopic (exact) mass is 356 g/mol. The molecule has 1 aromatic rings. The summed E-state index contributed by atoms with van der Waals surface area (Å²) in [6, 6.07) is 5.25. The van der Waals surface area contributed by atoms with Gasteiger partial charge in [-0.1, -0.05) is 13.0 Å². The molecule has 2 rings (SSSR count). The second kappa shape index (κ2) is 8.39. The molecule has 0 saturated heterocycles. The van der Waals surface area contributed by atoms with E-state index in [9.17, 15) is 9.59 Å². The summed E-state index contributed by atoms with van der Waals surface area (Å²) in [4.78, 5) is 26.7. The Labute approximate surface area is 145 Å². The molecule has 2 atom stereocenters. The van der Waals surface area contributed by atoms with Crippen molar-refractivity contribution in [1.29, 1.82) is 0 Å². The van der Waals surface area contributed by atoms with Crippen LogP contribution in [0.15, 0.2) is 23.2 Å². The fourth-order valence-corrected chi connectivity index (χ4v) is 2.42. The number of fused-ring (bicyclic) bond motifs is 1. The average molecular weight is 357 g/mol. The number of carbonyl (C=O) groups excluding carboxylic acids is 1. The van der Waals surface area contributed by atoms with Crippen LogP contribution in [0.1, 0.15) is 25.3 Å². The topological polar surface area (TPSA) is 140 Å². The number of hydrogen-bond donors (Lipinski definition) is 4. The zero-order chi connectivity index (χ0) is 17.0. The normalized spacial score (nSPS) is 16.9. The Bertz CT molecular complexity index is 646. The van der Waals surface area contributed by atoms with E-state index in [2.05, 4.69) is 10.3 Å². The van der Waals surface area contributed by atoms with E-state index in [0.29, 0.717) is 24.3 Å². The summed E-state index contributed by atoms with van der Waals surface area (Å²) >= 11 is 0. The number of carboxylic acid groups (broad SMARTS) is 1. The number of benzene rings is 1. The first kappa shape index (κ1) is 19.6. The van der Waals surface area contributed by atoms with E-state index in [1.54, 1.807) is 18.2 Å². The van der Waals surface area contributed by atoms with E-state index >= 15 is 0 Å². The van der Waals surface area contributed by atoms with Crippen molar-refractivity contribution in [2.24, 2.45) is 22.4 Å². The van der Waals surface area contributed by atoms with E-state index in [0.717, 1.165) is 5.56 Å². The first-order valence-corrected chi connectivity index (χ1v) is 7.30. The molecule has 0 bridgehead atoms. The molecular weight excluding hydrogens is 336 g/mol. The summed E-state index contributed by atoms with van der Waals surface area (Å²) in [7, 11) is 0. The van der Waals surface area contributed by atoms with Gasteiger partial charge in [-0.3, -0.25) is 9.59 Å². The third-order valence-electron chi connectivity index (χ3n) is 3.51. The molecule has 1 aliphatic rings. The third kappa shape index (κ3) is 5.02. The summed E-state index contributed by atoms with van der Waals surface area (Å²) in [6.45, 7) is 1.88. The van der Waals surface area contributed by atoms with Crippen molar-refractivity contribution in [2.45, 2.75) is 32.4 Å². The highest BCUT2D eigenvalue weighted by molar-refractivity contribution is 5.97. The molecule has 1 aliphatic heterocycles. The van der Waals surface area contributed by atoms with Crippen LogP contribution in [0.25, 0.3) is 0 Å². The number of carbonyl (C=O) groups is 2. The molecule has 24 heavy (non-hydrogen) atoms.